The van der Waals surface area contributed by atoms with Gasteiger partial charge in [-0.1, -0.05) is 6.07 Å². The van der Waals surface area contributed by atoms with Gasteiger partial charge >= 0.3 is 0 Å². The van der Waals surface area contributed by atoms with E-state index in [9.17, 15) is 5.11 Å². The zero-order chi connectivity index (χ0) is 9.76. The first-order valence-electron chi connectivity index (χ1n) is 5.10. The molecule has 74 valence electrons. The molecule has 1 atom stereocenters. The molecule has 0 aliphatic heterocycles. The SMILES string of the molecule is COc1ccc2c(c1)CC1(CC1)C2O. The van der Waals surface area contributed by atoms with Gasteiger partial charge in [-0.3, -0.25) is 0 Å². The van der Waals surface area contributed by atoms with Crippen molar-refractivity contribution >= 4 is 0 Å². The molecule has 2 aliphatic rings. The molecule has 1 spiro atoms. The fourth-order valence-corrected chi connectivity index (χ4v) is 2.55. The molecule has 2 aliphatic carbocycles. The van der Waals surface area contributed by atoms with E-state index in [1.807, 2.05) is 12.1 Å². The van der Waals surface area contributed by atoms with Crippen molar-refractivity contribution in [2.24, 2.45) is 5.41 Å². The summed E-state index contributed by atoms with van der Waals surface area (Å²) in [5.41, 5.74) is 2.59. The fraction of sp³-hybridized carbons (Fsp3) is 0.500. The summed E-state index contributed by atoms with van der Waals surface area (Å²) >= 11 is 0. The van der Waals surface area contributed by atoms with Crippen LogP contribution in [-0.4, -0.2) is 12.2 Å². The first kappa shape index (κ1) is 8.30. The van der Waals surface area contributed by atoms with E-state index < -0.39 is 0 Å². The van der Waals surface area contributed by atoms with Gasteiger partial charge in [0, 0.05) is 5.41 Å². The van der Waals surface area contributed by atoms with Crippen molar-refractivity contribution < 1.29 is 9.84 Å². The summed E-state index contributed by atoms with van der Waals surface area (Å²) in [7, 11) is 1.68. The maximum Gasteiger partial charge on any atom is 0.119 e. The Morgan fingerprint density at radius 3 is 2.86 bits per heavy atom. The van der Waals surface area contributed by atoms with Gasteiger partial charge in [0.2, 0.25) is 0 Å². The largest absolute Gasteiger partial charge is 0.497 e. The molecule has 1 aromatic rings. The fourth-order valence-electron chi connectivity index (χ4n) is 2.55. The van der Waals surface area contributed by atoms with E-state index >= 15 is 0 Å². The monoisotopic (exact) mass is 190 g/mol. The second kappa shape index (κ2) is 2.51. The third-order valence-electron chi connectivity index (χ3n) is 3.66. The molecule has 1 saturated carbocycles. The average Bonchev–Trinajstić information content (AvgIpc) is 2.92. The highest BCUT2D eigenvalue weighted by molar-refractivity contribution is 5.43. The molecule has 0 bridgehead atoms. The highest BCUT2D eigenvalue weighted by atomic mass is 16.5. The highest BCUT2D eigenvalue weighted by Crippen LogP contribution is 2.62. The normalized spacial score (nSPS) is 26.3. The minimum absolute atomic E-state index is 0.203. The van der Waals surface area contributed by atoms with Crippen molar-refractivity contribution in [3.8, 4) is 5.75 Å². The van der Waals surface area contributed by atoms with Gasteiger partial charge in [0.05, 0.1) is 13.2 Å². The van der Waals surface area contributed by atoms with Crippen LogP contribution in [0.15, 0.2) is 18.2 Å². The van der Waals surface area contributed by atoms with Crippen LogP contribution in [0.25, 0.3) is 0 Å². The third kappa shape index (κ3) is 0.947. The summed E-state index contributed by atoms with van der Waals surface area (Å²) in [5.74, 6) is 0.897. The number of methoxy groups -OCH3 is 1. The lowest BCUT2D eigenvalue weighted by molar-refractivity contribution is 0.109. The molecular formula is C12H14O2. The van der Waals surface area contributed by atoms with E-state index in [2.05, 4.69) is 6.07 Å². The summed E-state index contributed by atoms with van der Waals surface area (Å²) in [6.07, 6.45) is 3.14. The Morgan fingerprint density at radius 1 is 1.43 bits per heavy atom. The zero-order valence-electron chi connectivity index (χ0n) is 8.29. The first-order valence-corrected chi connectivity index (χ1v) is 5.10. The topological polar surface area (TPSA) is 29.5 Å². The van der Waals surface area contributed by atoms with Crippen molar-refractivity contribution in [2.75, 3.05) is 7.11 Å². The van der Waals surface area contributed by atoms with Crippen LogP contribution in [0.5, 0.6) is 5.75 Å². The summed E-state index contributed by atoms with van der Waals surface area (Å²) in [6, 6.07) is 6.00. The van der Waals surface area contributed by atoms with Crippen molar-refractivity contribution in [2.45, 2.75) is 25.4 Å². The van der Waals surface area contributed by atoms with Gasteiger partial charge in [-0.25, -0.2) is 0 Å². The van der Waals surface area contributed by atoms with E-state index in [-0.39, 0.29) is 11.5 Å². The lowest BCUT2D eigenvalue weighted by atomic mass is 10.0. The predicted molar refractivity (Wildman–Crippen MR) is 53.3 cm³/mol. The summed E-state index contributed by atoms with van der Waals surface area (Å²) in [6.45, 7) is 0. The Bertz CT molecular complexity index is 380. The second-order valence-corrected chi connectivity index (χ2v) is 4.51. The van der Waals surface area contributed by atoms with Crippen LogP contribution < -0.4 is 4.74 Å². The summed E-state index contributed by atoms with van der Waals surface area (Å²) in [5, 5.41) is 10.1. The van der Waals surface area contributed by atoms with Crippen molar-refractivity contribution in [3.05, 3.63) is 29.3 Å². The van der Waals surface area contributed by atoms with E-state index in [1.165, 1.54) is 18.4 Å². The average molecular weight is 190 g/mol. The Labute approximate surface area is 83.5 Å². The van der Waals surface area contributed by atoms with E-state index in [1.54, 1.807) is 7.11 Å². The number of aliphatic hydroxyl groups excluding tert-OH is 1. The first-order chi connectivity index (χ1) is 6.75. The molecule has 1 fully saturated rings. The molecule has 14 heavy (non-hydrogen) atoms. The van der Waals surface area contributed by atoms with Crippen molar-refractivity contribution in [1.82, 2.24) is 0 Å². The molecule has 0 saturated heterocycles. The standard InChI is InChI=1S/C12H14O2/c1-14-9-2-3-10-8(6-9)7-12(4-5-12)11(10)13/h2-3,6,11,13H,4-5,7H2,1H3. The highest BCUT2D eigenvalue weighted by Gasteiger charge is 2.53. The molecule has 3 rings (SSSR count). The van der Waals surface area contributed by atoms with Gasteiger partial charge in [-0.05, 0) is 42.5 Å². The third-order valence-corrected chi connectivity index (χ3v) is 3.66. The minimum atomic E-state index is -0.233. The number of benzene rings is 1. The van der Waals surface area contributed by atoms with Gasteiger partial charge in [-0.15, -0.1) is 0 Å². The number of hydrogen-bond donors (Lipinski definition) is 1. The lowest BCUT2D eigenvalue weighted by Crippen LogP contribution is -2.06. The van der Waals surface area contributed by atoms with Gasteiger partial charge in [0.15, 0.2) is 0 Å². The van der Waals surface area contributed by atoms with Crippen LogP contribution in [0.4, 0.5) is 0 Å². The van der Waals surface area contributed by atoms with E-state index in [4.69, 9.17) is 4.74 Å². The van der Waals surface area contributed by atoms with Gasteiger partial charge in [0.1, 0.15) is 5.75 Å². The quantitative estimate of drug-likeness (QED) is 0.734. The number of fused-ring (bicyclic) bond motifs is 1. The number of ether oxygens (including phenoxy) is 1. The predicted octanol–water partition coefficient (Wildman–Crippen LogP) is 2.06. The van der Waals surface area contributed by atoms with E-state index in [0.29, 0.717) is 0 Å². The summed E-state index contributed by atoms with van der Waals surface area (Å²) in [4.78, 5) is 0. The molecule has 2 nitrogen and oxygen atoms in total. The smallest absolute Gasteiger partial charge is 0.119 e. The van der Waals surface area contributed by atoms with Crippen LogP contribution in [0.3, 0.4) is 0 Å². The number of rotatable bonds is 1. The van der Waals surface area contributed by atoms with Crippen LogP contribution in [0.2, 0.25) is 0 Å². The van der Waals surface area contributed by atoms with Crippen molar-refractivity contribution in [3.63, 3.8) is 0 Å². The van der Waals surface area contributed by atoms with Gasteiger partial charge in [-0.2, -0.15) is 0 Å². The van der Waals surface area contributed by atoms with Crippen LogP contribution in [-0.2, 0) is 6.42 Å². The molecule has 1 aromatic carbocycles. The van der Waals surface area contributed by atoms with Crippen LogP contribution in [0.1, 0.15) is 30.1 Å². The number of hydrogen-bond acceptors (Lipinski definition) is 2. The Kier molecular flexibility index (Phi) is 1.49. The van der Waals surface area contributed by atoms with Gasteiger partial charge < -0.3 is 9.84 Å². The number of aliphatic hydroxyl groups is 1. The molecule has 0 amide bonds. The minimum Gasteiger partial charge on any atom is -0.497 e. The summed E-state index contributed by atoms with van der Waals surface area (Å²) < 4.78 is 5.18. The van der Waals surface area contributed by atoms with Gasteiger partial charge in [0.25, 0.3) is 0 Å². The molecule has 1 unspecified atom stereocenters. The van der Waals surface area contributed by atoms with Crippen molar-refractivity contribution in [1.29, 1.82) is 0 Å². The molecular weight excluding hydrogens is 176 g/mol. The zero-order valence-corrected chi connectivity index (χ0v) is 8.29. The Balaban J connectivity index is 2.05. The van der Waals surface area contributed by atoms with E-state index in [0.717, 1.165) is 17.7 Å². The molecule has 2 heteroatoms. The lowest BCUT2D eigenvalue weighted by Gasteiger charge is -2.11. The van der Waals surface area contributed by atoms with Crippen LogP contribution in [0, 0.1) is 5.41 Å². The Hall–Kier alpha value is -1.02. The maximum absolute atomic E-state index is 10.1. The molecule has 0 radical (unpaired) electrons. The second-order valence-electron chi connectivity index (χ2n) is 4.51. The molecule has 0 heterocycles. The maximum atomic E-state index is 10.1. The Morgan fingerprint density at radius 2 is 2.21 bits per heavy atom. The molecule has 0 aromatic heterocycles. The van der Waals surface area contributed by atoms with Crippen LogP contribution >= 0.6 is 0 Å². The molecule has 1 N–H and O–H groups in total.